The molecule has 4 aromatic rings. The first-order valence-electron chi connectivity index (χ1n) is 12.4. The van der Waals surface area contributed by atoms with E-state index in [9.17, 15) is 9.90 Å². The molecule has 1 unspecified atom stereocenters. The van der Waals surface area contributed by atoms with Crippen molar-refractivity contribution < 1.29 is 14.6 Å². The van der Waals surface area contributed by atoms with Crippen LogP contribution in [-0.4, -0.2) is 52.5 Å². The molecule has 1 amide bonds. The number of fused-ring (bicyclic) bond motifs is 3. The molecule has 4 heterocycles. The van der Waals surface area contributed by atoms with Crippen LogP contribution in [0.15, 0.2) is 54.7 Å². The van der Waals surface area contributed by atoms with Crippen molar-refractivity contribution in [2.45, 2.75) is 36.7 Å². The maximum atomic E-state index is 13.0. The highest BCUT2D eigenvalue weighted by atomic mass is 16.5. The van der Waals surface area contributed by atoms with Gasteiger partial charge in [-0.05, 0) is 66.8 Å². The van der Waals surface area contributed by atoms with Crippen molar-refractivity contribution in [1.82, 2.24) is 15.2 Å². The van der Waals surface area contributed by atoms with Crippen molar-refractivity contribution in [3.8, 4) is 17.0 Å². The Labute approximate surface area is 208 Å². The van der Waals surface area contributed by atoms with Gasteiger partial charge in [0.25, 0.3) is 0 Å². The zero-order chi connectivity index (χ0) is 24.4. The monoisotopic (exact) mass is 481 g/mol. The molecule has 2 atom stereocenters. The van der Waals surface area contributed by atoms with Crippen molar-refractivity contribution in [2.24, 2.45) is 0 Å². The Morgan fingerprint density at radius 1 is 1.11 bits per heavy atom. The average Bonchev–Trinajstić information content (AvgIpc) is 3.44. The summed E-state index contributed by atoms with van der Waals surface area (Å²) >= 11 is 0. The summed E-state index contributed by atoms with van der Waals surface area (Å²) in [4.78, 5) is 19.9. The summed E-state index contributed by atoms with van der Waals surface area (Å²) in [5.74, 6) is 1.88. The number of aliphatic hydroxyl groups excluding tert-OH is 1. The number of methoxy groups -OCH3 is 1. The molecule has 0 bridgehead atoms. The zero-order valence-corrected chi connectivity index (χ0v) is 20.0. The van der Waals surface area contributed by atoms with Gasteiger partial charge in [-0.3, -0.25) is 9.89 Å². The van der Waals surface area contributed by atoms with Crippen molar-refractivity contribution in [1.29, 1.82) is 0 Å². The predicted octanol–water partition coefficient (Wildman–Crippen LogP) is 3.97. The fourth-order valence-corrected chi connectivity index (χ4v) is 5.98. The van der Waals surface area contributed by atoms with Crippen LogP contribution < -0.4 is 15.0 Å². The summed E-state index contributed by atoms with van der Waals surface area (Å²) in [6.45, 7) is 1.64. The number of hydrogen-bond donors (Lipinski definition) is 3. The predicted molar refractivity (Wildman–Crippen MR) is 137 cm³/mol. The number of amides is 1. The lowest BCUT2D eigenvalue weighted by Gasteiger charge is -2.30. The molecule has 3 N–H and O–H groups in total. The topological polar surface area (TPSA) is 103 Å². The SMILES string of the molecule is COc1ccc2c(c1)C1(C[C@H]1c1ccc3c(-c4ccc(N5CCC(O)CC5)nc4)n[nH]c3c1)C(=O)N2. The summed E-state index contributed by atoms with van der Waals surface area (Å²) in [6, 6.07) is 16.2. The molecule has 8 heteroatoms. The number of hydrogen-bond acceptors (Lipinski definition) is 6. The van der Waals surface area contributed by atoms with Crippen molar-refractivity contribution >= 4 is 28.3 Å². The smallest absolute Gasteiger partial charge is 0.235 e. The molecule has 2 aromatic heterocycles. The molecular weight excluding hydrogens is 454 g/mol. The van der Waals surface area contributed by atoms with E-state index < -0.39 is 5.41 Å². The van der Waals surface area contributed by atoms with E-state index in [1.165, 1.54) is 0 Å². The van der Waals surface area contributed by atoms with Crippen LogP contribution in [0.5, 0.6) is 5.75 Å². The lowest BCUT2D eigenvalue weighted by molar-refractivity contribution is -0.118. The summed E-state index contributed by atoms with van der Waals surface area (Å²) < 4.78 is 5.42. The minimum absolute atomic E-state index is 0.0653. The van der Waals surface area contributed by atoms with Gasteiger partial charge in [0.15, 0.2) is 0 Å². The number of rotatable bonds is 4. The minimum Gasteiger partial charge on any atom is -0.497 e. The molecule has 1 aliphatic carbocycles. The van der Waals surface area contributed by atoms with E-state index in [4.69, 9.17) is 4.74 Å². The fourth-order valence-electron chi connectivity index (χ4n) is 5.98. The number of aliphatic hydroxyl groups is 1. The molecule has 2 fully saturated rings. The molecule has 2 aliphatic heterocycles. The molecule has 0 radical (unpaired) electrons. The maximum Gasteiger partial charge on any atom is 0.235 e. The number of carbonyl (C=O) groups is 1. The van der Waals surface area contributed by atoms with Gasteiger partial charge in [0, 0.05) is 41.8 Å². The maximum absolute atomic E-state index is 13.0. The minimum atomic E-state index is -0.523. The standard InChI is InChI=1S/C28H27N5O3/c1-36-19-4-6-23-21(13-19)28(27(35)30-23)14-22(28)16-2-5-20-24(12-16)31-32-26(20)17-3-7-25(29-15-17)33-10-8-18(34)9-11-33/h2-7,12-13,15,18,22,34H,8-11,14H2,1H3,(H,30,35)(H,31,32)/t22-,28?/m0/s1. The Morgan fingerprint density at radius 2 is 1.97 bits per heavy atom. The van der Waals surface area contributed by atoms with Crippen LogP contribution in [0.2, 0.25) is 0 Å². The van der Waals surface area contributed by atoms with Crippen LogP contribution >= 0.6 is 0 Å². The van der Waals surface area contributed by atoms with E-state index in [1.54, 1.807) is 7.11 Å². The zero-order valence-electron chi connectivity index (χ0n) is 20.0. The number of carbonyl (C=O) groups excluding carboxylic acids is 1. The second-order valence-electron chi connectivity index (χ2n) is 10.1. The second-order valence-corrected chi connectivity index (χ2v) is 10.1. The molecule has 1 spiro atoms. The first kappa shape index (κ1) is 21.4. The molecule has 2 aromatic carbocycles. The number of anilines is 2. The molecule has 1 saturated carbocycles. The Bertz CT molecular complexity index is 1490. The third kappa shape index (κ3) is 3.14. The first-order valence-corrected chi connectivity index (χ1v) is 12.4. The molecule has 36 heavy (non-hydrogen) atoms. The van der Waals surface area contributed by atoms with E-state index >= 15 is 0 Å². The number of ether oxygens (including phenoxy) is 1. The van der Waals surface area contributed by atoms with Crippen LogP contribution in [0.1, 0.15) is 36.3 Å². The van der Waals surface area contributed by atoms with Gasteiger partial charge >= 0.3 is 0 Å². The first-order chi connectivity index (χ1) is 17.6. The molecule has 1 saturated heterocycles. The summed E-state index contributed by atoms with van der Waals surface area (Å²) in [6.07, 6.45) is 4.00. The average molecular weight is 482 g/mol. The highest BCUT2D eigenvalue weighted by Gasteiger charge is 2.65. The molecular formula is C28H27N5O3. The number of nitrogens with one attached hydrogen (secondary N) is 2. The van der Waals surface area contributed by atoms with Gasteiger partial charge in [0.2, 0.25) is 5.91 Å². The van der Waals surface area contributed by atoms with Crippen molar-refractivity contribution in [2.75, 3.05) is 30.4 Å². The fraction of sp³-hybridized carbons (Fsp3) is 0.321. The van der Waals surface area contributed by atoms with Crippen LogP contribution in [0.25, 0.3) is 22.2 Å². The van der Waals surface area contributed by atoms with Gasteiger partial charge in [0.05, 0.1) is 24.1 Å². The number of H-pyrrole nitrogens is 1. The molecule has 3 aliphatic rings. The van der Waals surface area contributed by atoms with Crippen LogP contribution in [0.4, 0.5) is 11.5 Å². The van der Waals surface area contributed by atoms with Crippen LogP contribution in [0.3, 0.4) is 0 Å². The Kier molecular flexibility index (Phi) is 4.63. The summed E-state index contributed by atoms with van der Waals surface area (Å²) in [5.41, 5.74) is 5.27. The van der Waals surface area contributed by atoms with Crippen LogP contribution in [-0.2, 0) is 10.2 Å². The highest BCUT2D eigenvalue weighted by molar-refractivity contribution is 6.10. The van der Waals surface area contributed by atoms with Gasteiger partial charge in [0.1, 0.15) is 17.3 Å². The number of aromatic amines is 1. The number of nitrogens with zero attached hydrogens (tertiary/aromatic N) is 3. The third-order valence-corrected chi connectivity index (χ3v) is 8.12. The molecule has 182 valence electrons. The van der Waals surface area contributed by atoms with Gasteiger partial charge < -0.3 is 20.1 Å². The summed E-state index contributed by atoms with van der Waals surface area (Å²) in [7, 11) is 1.65. The van der Waals surface area contributed by atoms with Gasteiger partial charge in [-0.1, -0.05) is 12.1 Å². The quantitative estimate of drug-likeness (QED) is 0.408. The Morgan fingerprint density at radius 3 is 2.75 bits per heavy atom. The van der Waals surface area contributed by atoms with E-state index in [0.717, 1.165) is 82.9 Å². The van der Waals surface area contributed by atoms with E-state index in [2.05, 4.69) is 49.7 Å². The second kappa shape index (κ2) is 7.80. The molecule has 7 rings (SSSR count). The highest BCUT2D eigenvalue weighted by Crippen LogP contribution is 2.65. The lowest BCUT2D eigenvalue weighted by atomic mass is 9.91. The largest absolute Gasteiger partial charge is 0.497 e. The Hall–Kier alpha value is -3.91. The van der Waals surface area contributed by atoms with Gasteiger partial charge in [-0.2, -0.15) is 5.10 Å². The van der Waals surface area contributed by atoms with Crippen molar-refractivity contribution in [3.63, 3.8) is 0 Å². The van der Waals surface area contributed by atoms with Gasteiger partial charge in [-0.25, -0.2) is 4.98 Å². The number of aromatic nitrogens is 3. The number of benzene rings is 2. The third-order valence-electron chi connectivity index (χ3n) is 8.12. The Balaban J connectivity index is 1.16. The molecule has 8 nitrogen and oxygen atoms in total. The van der Waals surface area contributed by atoms with E-state index in [1.807, 2.05) is 30.5 Å². The van der Waals surface area contributed by atoms with Crippen LogP contribution in [0, 0.1) is 0 Å². The lowest BCUT2D eigenvalue weighted by Crippen LogP contribution is -2.36. The van der Waals surface area contributed by atoms with E-state index in [0.29, 0.717) is 0 Å². The summed E-state index contributed by atoms with van der Waals surface area (Å²) in [5, 5.41) is 21.6. The van der Waals surface area contributed by atoms with Crippen molar-refractivity contribution in [3.05, 3.63) is 65.9 Å². The normalized spacial score (nSPS) is 23.2. The van der Waals surface area contributed by atoms with E-state index in [-0.39, 0.29) is 17.9 Å². The van der Waals surface area contributed by atoms with Gasteiger partial charge in [-0.15, -0.1) is 0 Å². The number of pyridine rings is 1. The number of piperidine rings is 1.